The van der Waals surface area contributed by atoms with E-state index in [9.17, 15) is 0 Å². The molecule has 0 bridgehead atoms. The Morgan fingerprint density at radius 2 is 1.83 bits per heavy atom. The Bertz CT molecular complexity index is 890. The van der Waals surface area contributed by atoms with Gasteiger partial charge in [0.1, 0.15) is 5.75 Å². The number of ether oxygens (including phenoxy) is 1. The third kappa shape index (κ3) is 2.66. The van der Waals surface area contributed by atoms with E-state index in [4.69, 9.17) is 16.3 Å². The molecular formula is C21H20ClNO. The van der Waals surface area contributed by atoms with Gasteiger partial charge in [0.05, 0.1) is 0 Å². The van der Waals surface area contributed by atoms with Gasteiger partial charge in [-0.05, 0) is 34.9 Å². The monoisotopic (exact) mass is 337 g/mol. The maximum absolute atomic E-state index is 6.29. The lowest BCUT2D eigenvalue weighted by molar-refractivity contribution is 0.111. The molecule has 3 aromatic rings. The van der Waals surface area contributed by atoms with Crippen molar-refractivity contribution in [2.24, 2.45) is 5.92 Å². The zero-order valence-electron chi connectivity index (χ0n) is 13.8. The standard InChI is InChI=1S/C21H20ClNO/c1-13(2)20-19-17-9-4-3-6-14(17)10-11-18(19)24-21(23-20)15-7-5-8-16(22)12-15/h3-13,20-21,23H,1-2H3. The molecule has 1 aliphatic rings. The van der Waals surface area contributed by atoms with Crippen molar-refractivity contribution >= 4 is 22.4 Å². The van der Waals surface area contributed by atoms with Crippen LogP contribution in [-0.2, 0) is 0 Å². The molecular weight excluding hydrogens is 318 g/mol. The molecule has 2 unspecified atom stereocenters. The Labute approximate surface area is 147 Å². The smallest absolute Gasteiger partial charge is 0.177 e. The Kier molecular flexibility index (Phi) is 3.95. The minimum absolute atomic E-state index is 0.190. The minimum atomic E-state index is -0.190. The highest BCUT2D eigenvalue weighted by Gasteiger charge is 2.31. The fourth-order valence-corrected chi connectivity index (χ4v) is 3.67. The van der Waals surface area contributed by atoms with E-state index in [1.54, 1.807) is 0 Å². The summed E-state index contributed by atoms with van der Waals surface area (Å²) in [6.45, 7) is 4.48. The molecule has 0 amide bonds. The van der Waals surface area contributed by atoms with Crippen molar-refractivity contribution in [2.45, 2.75) is 26.1 Å². The van der Waals surface area contributed by atoms with Crippen molar-refractivity contribution in [1.82, 2.24) is 5.32 Å². The molecule has 2 atom stereocenters. The van der Waals surface area contributed by atoms with Gasteiger partial charge in [0.15, 0.2) is 6.23 Å². The minimum Gasteiger partial charge on any atom is -0.471 e. The summed E-state index contributed by atoms with van der Waals surface area (Å²) in [5, 5.41) is 6.89. The maximum atomic E-state index is 6.29. The van der Waals surface area contributed by atoms with Crippen LogP contribution in [0.5, 0.6) is 5.75 Å². The number of hydrogen-bond donors (Lipinski definition) is 1. The second-order valence-electron chi connectivity index (χ2n) is 6.64. The molecule has 0 radical (unpaired) electrons. The molecule has 0 aliphatic carbocycles. The number of benzene rings is 3. The van der Waals surface area contributed by atoms with E-state index in [-0.39, 0.29) is 12.3 Å². The highest BCUT2D eigenvalue weighted by Crippen LogP contribution is 2.42. The molecule has 1 N–H and O–H groups in total. The van der Waals surface area contributed by atoms with E-state index in [2.05, 4.69) is 55.6 Å². The molecule has 0 saturated heterocycles. The van der Waals surface area contributed by atoms with E-state index in [0.29, 0.717) is 5.92 Å². The Hall–Kier alpha value is -2.03. The van der Waals surface area contributed by atoms with Crippen molar-refractivity contribution < 1.29 is 4.74 Å². The van der Waals surface area contributed by atoms with Gasteiger partial charge in [-0.1, -0.05) is 67.9 Å². The number of nitrogens with one attached hydrogen (secondary N) is 1. The molecule has 24 heavy (non-hydrogen) atoms. The fraction of sp³-hybridized carbons (Fsp3) is 0.238. The first-order valence-corrected chi connectivity index (χ1v) is 8.71. The van der Waals surface area contributed by atoms with Gasteiger partial charge in [-0.3, -0.25) is 5.32 Å². The van der Waals surface area contributed by atoms with Crippen molar-refractivity contribution in [3.63, 3.8) is 0 Å². The summed E-state index contributed by atoms with van der Waals surface area (Å²) >= 11 is 6.16. The van der Waals surface area contributed by atoms with Crippen LogP contribution in [-0.4, -0.2) is 0 Å². The van der Waals surface area contributed by atoms with Crippen LogP contribution < -0.4 is 10.1 Å². The lowest BCUT2D eigenvalue weighted by Crippen LogP contribution is -2.37. The number of hydrogen-bond acceptors (Lipinski definition) is 2. The highest BCUT2D eigenvalue weighted by atomic mass is 35.5. The zero-order chi connectivity index (χ0) is 16.7. The van der Waals surface area contributed by atoms with Gasteiger partial charge in [0.25, 0.3) is 0 Å². The molecule has 0 saturated carbocycles. The molecule has 122 valence electrons. The summed E-state index contributed by atoms with van der Waals surface area (Å²) in [5.41, 5.74) is 2.30. The summed E-state index contributed by atoms with van der Waals surface area (Å²) in [5.74, 6) is 1.40. The van der Waals surface area contributed by atoms with E-state index >= 15 is 0 Å². The first-order chi connectivity index (χ1) is 11.6. The summed E-state index contributed by atoms with van der Waals surface area (Å²) in [6, 6.07) is 20.8. The summed E-state index contributed by atoms with van der Waals surface area (Å²) < 4.78 is 6.29. The third-order valence-electron chi connectivity index (χ3n) is 4.64. The van der Waals surface area contributed by atoms with Gasteiger partial charge in [0, 0.05) is 22.2 Å². The fourth-order valence-electron chi connectivity index (χ4n) is 3.47. The summed E-state index contributed by atoms with van der Waals surface area (Å²) in [4.78, 5) is 0. The van der Waals surface area contributed by atoms with Gasteiger partial charge in [0.2, 0.25) is 0 Å². The van der Waals surface area contributed by atoms with Crippen LogP contribution in [0.2, 0.25) is 5.02 Å². The number of fused-ring (bicyclic) bond motifs is 3. The van der Waals surface area contributed by atoms with Crippen molar-refractivity contribution in [3.05, 3.63) is 76.8 Å². The Morgan fingerprint density at radius 1 is 1.00 bits per heavy atom. The average Bonchev–Trinajstić information content (AvgIpc) is 2.60. The molecule has 1 aliphatic heterocycles. The Balaban J connectivity index is 1.84. The second-order valence-corrected chi connectivity index (χ2v) is 7.08. The van der Waals surface area contributed by atoms with Gasteiger partial charge in [-0.15, -0.1) is 0 Å². The van der Waals surface area contributed by atoms with E-state index in [1.807, 2.05) is 24.3 Å². The molecule has 3 aromatic carbocycles. The van der Waals surface area contributed by atoms with Crippen molar-refractivity contribution in [3.8, 4) is 5.75 Å². The SMILES string of the molecule is CC(C)C1NC(c2cccc(Cl)c2)Oc2ccc3ccccc3c21. The number of rotatable bonds is 2. The Morgan fingerprint density at radius 3 is 2.62 bits per heavy atom. The predicted molar refractivity (Wildman–Crippen MR) is 99.5 cm³/mol. The zero-order valence-corrected chi connectivity index (χ0v) is 14.5. The largest absolute Gasteiger partial charge is 0.471 e. The first kappa shape index (κ1) is 15.5. The van der Waals surface area contributed by atoms with Crippen LogP contribution >= 0.6 is 11.6 Å². The van der Waals surface area contributed by atoms with Crippen molar-refractivity contribution in [1.29, 1.82) is 0 Å². The number of halogens is 1. The third-order valence-corrected chi connectivity index (χ3v) is 4.87. The van der Waals surface area contributed by atoms with Crippen LogP contribution in [0.3, 0.4) is 0 Å². The second kappa shape index (κ2) is 6.12. The van der Waals surface area contributed by atoms with Gasteiger partial charge < -0.3 is 4.74 Å². The molecule has 0 aromatic heterocycles. The predicted octanol–water partition coefficient (Wildman–Crippen LogP) is 5.87. The van der Waals surface area contributed by atoms with Crippen LogP contribution in [0, 0.1) is 5.92 Å². The van der Waals surface area contributed by atoms with Crippen LogP contribution in [0.1, 0.15) is 37.2 Å². The molecule has 0 fully saturated rings. The van der Waals surface area contributed by atoms with E-state index in [0.717, 1.165) is 16.3 Å². The first-order valence-electron chi connectivity index (χ1n) is 8.33. The molecule has 3 heteroatoms. The maximum Gasteiger partial charge on any atom is 0.177 e. The summed E-state index contributed by atoms with van der Waals surface area (Å²) in [6.07, 6.45) is -0.190. The normalized spacial score (nSPS) is 20.0. The topological polar surface area (TPSA) is 21.3 Å². The average molecular weight is 338 g/mol. The van der Waals surface area contributed by atoms with E-state index < -0.39 is 0 Å². The van der Waals surface area contributed by atoms with Crippen molar-refractivity contribution in [2.75, 3.05) is 0 Å². The van der Waals surface area contributed by atoms with E-state index in [1.165, 1.54) is 16.3 Å². The van der Waals surface area contributed by atoms with Gasteiger partial charge in [-0.25, -0.2) is 0 Å². The van der Waals surface area contributed by atoms with Crippen LogP contribution in [0.25, 0.3) is 10.8 Å². The molecule has 0 spiro atoms. The van der Waals surface area contributed by atoms with Gasteiger partial charge in [-0.2, -0.15) is 0 Å². The molecule has 1 heterocycles. The molecule has 4 rings (SSSR count). The highest BCUT2D eigenvalue weighted by molar-refractivity contribution is 6.30. The summed E-state index contributed by atoms with van der Waals surface area (Å²) in [7, 11) is 0. The lowest BCUT2D eigenvalue weighted by Gasteiger charge is -2.36. The lowest BCUT2D eigenvalue weighted by atomic mass is 9.89. The van der Waals surface area contributed by atoms with Crippen LogP contribution in [0.15, 0.2) is 60.7 Å². The van der Waals surface area contributed by atoms with Crippen LogP contribution in [0.4, 0.5) is 0 Å². The van der Waals surface area contributed by atoms with Gasteiger partial charge >= 0.3 is 0 Å². The quantitative estimate of drug-likeness (QED) is 0.631. The molecule has 2 nitrogen and oxygen atoms in total.